The number of nitrogens with two attached hydrogens (primary N) is 1. The summed E-state index contributed by atoms with van der Waals surface area (Å²) in [5.74, 6) is 0.114. The Bertz CT molecular complexity index is 428. The average Bonchev–Trinajstić information content (AvgIpc) is 2.90. The number of nitrogens with one attached hydrogen (secondary N) is 1. The van der Waals surface area contributed by atoms with Gasteiger partial charge in [-0.15, -0.1) is 5.10 Å². The van der Waals surface area contributed by atoms with Crippen molar-refractivity contribution in [1.82, 2.24) is 20.1 Å². The van der Waals surface area contributed by atoms with Crippen LogP contribution in [0, 0.1) is 0 Å². The van der Waals surface area contributed by atoms with Crippen LogP contribution in [0.25, 0.3) is 0 Å². The molecule has 20 heavy (non-hydrogen) atoms. The van der Waals surface area contributed by atoms with Crippen molar-refractivity contribution in [2.45, 2.75) is 25.9 Å². The summed E-state index contributed by atoms with van der Waals surface area (Å²) in [6.45, 7) is 5.19. The molecule has 3 N–H and O–H groups in total. The first-order valence-corrected chi connectivity index (χ1v) is 6.87. The lowest BCUT2D eigenvalue weighted by Crippen LogP contribution is -2.41. The average molecular weight is 283 g/mol. The minimum absolute atomic E-state index is 0.0856. The van der Waals surface area contributed by atoms with E-state index in [2.05, 4.69) is 15.2 Å². The van der Waals surface area contributed by atoms with Crippen LogP contribution in [0.15, 0.2) is 0 Å². The largest absolute Gasteiger partial charge is 0.379 e. The van der Waals surface area contributed by atoms with Crippen molar-refractivity contribution in [1.29, 1.82) is 0 Å². The number of nitrogen functional groups attached to an aromatic ring is 1. The summed E-state index contributed by atoms with van der Waals surface area (Å²) in [6.07, 6.45) is 1.84. The Kier molecular flexibility index (Phi) is 5.31. The number of piperidine rings is 1. The summed E-state index contributed by atoms with van der Waals surface area (Å²) < 4.78 is 10.9. The van der Waals surface area contributed by atoms with Crippen LogP contribution in [-0.4, -0.2) is 65.0 Å². The first kappa shape index (κ1) is 14.7. The number of H-pyrrole nitrogens is 1. The Morgan fingerprint density at radius 3 is 2.80 bits per heavy atom. The van der Waals surface area contributed by atoms with Crippen molar-refractivity contribution in [2.24, 2.45) is 0 Å². The molecule has 1 aliphatic rings. The summed E-state index contributed by atoms with van der Waals surface area (Å²) in [5.41, 5.74) is 5.39. The molecule has 0 saturated carbocycles. The van der Waals surface area contributed by atoms with Crippen molar-refractivity contribution in [3.8, 4) is 0 Å². The lowest BCUT2D eigenvalue weighted by Gasteiger charge is -2.31. The number of ether oxygens (including phenoxy) is 2. The summed E-state index contributed by atoms with van der Waals surface area (Å²) in [7, 11) is 0. The number of carbonyl (C=O) groups is 1. The Balaban J connectivity index is 1.72. The Morgan fingerprint density at radius 2 is 2.20 bits per heavy atom. The highest BCUT2D eigenvalue weighted by atomic mass is 16.5. The van der Waals surface area contributed by atoms with Crippen LogP contribution < -0.4 is 5.73 Å². The van der Waals surface area contributed by atoms with Crippen LogP contribution >= 0.6 is 0 Å². The zero-order valence-electron chi connectivity index (χ0n) is 11.7. The maximum atomic E-state index is 12.1. The second-order valence-corrected chi connectivity index (χ2v) is 4.60. The number of hydrogen-bond acceptors (Lipinski definition) is 6. The topological polar surface area (TPSA) is 106 Å². The second kappa shape index (κ2) is 7.20. The van der Waals surface area contributed by atoms with E-state index in [9.17, 15) is 4.79 Å². The molecule has 8 nitrogen and oxygen atoms in total. The molecule has 1 fully saturated rings. The highest BCUT2D eigenvalue weighted by molar-refractivity contribution is 5.90. The molecule has 1 aromatic heterocycles. The van der Waals surface area contributed by atoms with Crippen molar-refractivity contribution >= 4 is 11.9 Å². The fourth-order valence-corrected chi connectivity index (χ4v) is 2.16. The quantitative estimate of drug-likeness (QED) is 0.714. The molecule has 1 aromatic rings. The summed E-state index contributed by atoms with van der Waals surface area (Å²) in [5, 5.41) is 6.20. The highest BCUT2D eigenvalue weighted by Crippen LogP contribution is 2.15. The molecule has 0 aliphatic carbocycles. The fourth-order valence-electron chi connectivity index (χ4n) is 2.16. The van der Waals surface area contributed by atoms with Gasteiger partial charge < -0.3 is 20.1 Å². The number of aromatic nitrogens is 3. The first-order valence-electron chi connectivity index (χ1n) is 6.87. The lowest BCUT2D eigenvalue weighted by atomic mass is 10.1. The Morgan fingerprint density at radius 1 is 1.45 bits per heavy atom. The van der Waals surface area contributed by atoms with Crippen LogP contribution in [-0.2, 0) is 9.47 Å². The predicted octanol–water partition coefficient (Wildman–Crippen LogP) is 0.0446. The molecule has 1 aliphatic heterocycles. The molecular weight excluding hydrogens is 262 g/mol. The minimum Gasteiger partial charge on any atom is -0.379 e. The number of rotatable bonds is 6. The molecule has 2 heterocycles. The van der Waals surface area contributed by atoms with Crippen molar-refractivity contribution in [2.75, 3.05) is 38.6 Å². The SMILES string of the molecule is CCOCCOC1CCN(C(=O)c2nc(N)n[nH]2)CC1. The third-order valence-electron chi connectivity index (χ3n) is 3.22. The number of likely N-dealkylation sites (tertiary alicyclic amines) is 1. The number of aromatic amines is 1. The van der Waals surface area contributed by atoms with E-state index in [1.54, 1.807) is 4.90 Å². The van der Waals surface area contributed by atoms with Gasteiger partial charge in [0, 0.05) is 19.7 Å². The molecule has 0 unspecified atom stereocenters. The van der Waals surface area contributed by atoms with Gasteiger partial charge in [-0.05, 0) is 19.8 Å². The van der Waals surface area contributed by atoms with Crippen LogP contribution in [0.5, 0.6) is 0 Å². The van der Waals surface area contributed by atoms with Gasteiger partial charge in [-0.3, -0.25) is 9.89 Å². The van der Waals surface area contributed by atoms with Crippen molar-refractivity contribution < 1.29 is 14.3 Å². The lowest BCUT2D eigenvalue weighted by molar-refractivity contribution is -0.0184. The van der Waals surface area contributed by atoms with E-state index in [0.29, 0.717) is 32.9 Å². The first-order chi connectivity index (χ1) is 9.70. The Hall–Kier alpha value is -1.67. The van der Waals surface area contributed by atoms with Gasteiger partial charge >= 0.3 is 0 Å². The smallest absolute Gasteiger partial charge is 0.291 e. The molecule has 0 bridgehead atoms. The normalized spacial score (nSPS) is 16.6. The molecule has 1 amide bonds. The van der Waals surface area contributed by atoms with Crippen LogP contribution in [0.1, 0.15) is 30.4 Å². The molecule has 0 aromatic carbocycles. The number of carbonyl (C=O) groups excluding carboxylic acids is 1. The molecule has 1 saturated heterocycles. The fraction of sp³-hybridized carbons (Fsp3) is 0.750. The summed E-state index contributed by atoms with van der Waals surface area (Å²) in [4.78, 5) is 17.7. The summed E-state index contributed by atoms with van der Waals surface area (Å²) >= 11 is 0. The zero-order valence-corrected chi connectivity index (χ0v) is 11.7. The van der Waals surface area contributed by atoms with E-state index in [4.69, 9.17) is 15.2 Å². The van der Waals surface area contributed by atoms with Crippen molar-refractivity contribution in [3.63, 3.8) is 0 Å². The van der Waals surface area contributed by atoms with Gasteiger partial charge in [0.25, 0.3) is 5.91 Å². The van der Waals surface area contributed by atoms with E-state index in [1.807, 2.05) is 6.92 Å². The molecule has 112 valence electrons. The van der Waals surface area contributed by atoms with E-state index in [0.717, 1.165) is 12.8 Å². The standard InChI is InChI=1S/C12H21N5O3/c1-2-19-7-8-20-9-3-5-17(6-4-9)11(18)10-14-12(13)16-15-10/h9H,2-8H2,1H3,(H3,13,14,15,16). The highest BCUT2D eigenvalue weighted by Gasteiger charge is 2.25. The monoisotopic (exact) mass is 283 g/mol. The van der Waals surface area contributed by atoms with Gasteiger partial charge in [0.1, 0.15) is 0 Å². The zero-order chi connectivity index (χ0) is 14.4. The van der Waals surface area contributed by atoms with E-state index >= 15 is 0 Å². The molecule has 0 atom stereocenters. The molecular formula is C12H21N5O3. The number of amides is 1. The van der Waals surface area contributed by atoms with Crippen LogP contribution in [0.2, 0.25) is 0 Å². The van der Waals surface area contributed by atoms with Crippen molar-refractivity contribution in [3.05, 3.63) is 5.82 Å². The molecule has 0 spiro atoms. The Labute approximate surface area is 117 Å². The van der Waals surface area contributed by atoms with Gasteiger partial charge in [0.2, 0.25) is 11.8 Å². The van der Waals surface area contributed by atoms with Gasteiger partial charge in [-0.2, -0.15) is 4.98 Å². The third kappa shape index (κ3) is 3.91. The van der Waals surface area contributed by atoms with E-state index in [-0.39, 0.29) is 23.8 Å². The van der Waals surface area contributed by atoms with Gasteiger partial charge in [0.05, 0.1) is 19.3 Å². The van der Waals surface area contributed by atoms with Crippen LogP contribution in [0.3, 0.4) is 0 Å². The maximum absolute atomic E-state index is 12.1. The van der Waals surface area contributed by atoms with E-state index in [1.165, 1.54) is 0 Å². The molecule has 0 radical (unpaired) electrons. The van der Waals surface area contributed by atoms with Gasteiger partial charge in [-0.1, -0.05) is 0 Å². The van der Waals surface area contributed by atoms with Gasteiger partial charge in [0.15, 0.2) is 0 Å². The second-order valence-electron chi connectivity index (χ2n) is 4.60. The van der Waals surface area contributed by atoms with E-state index < -0.39 is 0 Å². The minimum atomic E-state index is -0.165. The predicted molar refractivity (Wildman–Crippen MR) is 72.2 cm³/mol. The summed E-state index contributed by atoms with van der Waals surface area (Å²) in [6, 6.07) is 0. The number of nitrogens with zero attached hydrogens (tertiary/aromatic N) is 3. The van der Waals surface area contributed by atoms with Gasteiger partial charge in [-0.25, -0.2) is 0 Å². The van der Waals surface area contributed by atoms with Crippen LogP contribution in [0.4, 0.5) is 5.95 Å². The maximum Gasteiger partial charge on any atom is 0.291 e. The molecule has 2 rings (SSSR count). The number of hydrogen-bond donors (Lipinski definition) is 2. The number of anilines is 1. The molecule has 8 heteroatoms. The third-order valence-corrected chi connectivity index (χ3v) is 3.22.